The van der Waals surface area contributed by atoms with Gasteiger partial charge in [-0.25, -0.2) is 0 Å². The molecule has 3 heteroatoms. The zero-order valence-electron chi connectivity index (χ0n) is 11.5. The highest BCUT2D eigenvalue weighted by atomic mass is 16.5. The average Bonchev–Trinajstić information content (AvgIpc) is 2.62. The largest absolute Gasteiger partial charge is 0.384 e. The maximum Gasteiger partial charge on any atom is 0.0503 e. The number of nitrogens with zero attached hydrogens (tertiary/aromatic N) is 1. The van der Waals surface area contributed by atoms with E-state index in [4.69, 9.17) is 4.74 Å². The molecule has 0 aromatic heterocycles. The van der Waals surface area contributed by atoms with Crippen LogP contribution in [0.4, 0.5) is 0 Å². The summed E-state index contributed by atoms with van der Waals surface area (Å²) in [6.07, 6.45) is 1.29. The smallest absolute Gasteiger partial charge is 0.0503 e. The molecule has 0 amide bonds. The van der Waals surface area contributed by atoms with Crippen LogP contribution < -0.4 is 5.32 Å². The second-order valence-electron chi connectivity index (χ2n) is 6.08. The molecule has 0 radical (unpaired) electrons. The molecule has 1 N–H and O–H groups in total. The summed E-state index contributed by atoms with van der Waals surface area (Å²) in [6.45, 7) is 13.4. The Bertz CT molecular complexity index is 201. The van der Waals surface area contributed by atoms with Crippen LogP contribution in [0.25, 0.3) is 0 Å². The van der Waals surface area contributed by atoms with Gasteiger partial charge >= 0.3 is 0 Å². The molecule has 0 saturated carbocycles. The summed E-state index contributed by atoms with van der Waals surface area (Å²) in [5.74, 6) is 0.738. The number of ether oxygens (including phenoxy) is 1. The third kappa shape index (κ3) is 4.81. The number of hydrogen-bond donors (Lipinski definition) is 1. The van der Waals surface area contributed by atoms with Gasteiger partial charge in [-0.3, -0.25) is 4.90 Å². The van der Waals surface area contributed by atoms with Gasteiger partial charge in [0.15, 0.2) is 0 Å². The second-order valence-corrected chi connectivity index (χ2v) is 6.08. The van der Waals surface area contributed by atoms with Gasteiger partial charge in [-0.15, -0.1) is 0 Å². The van der Waals surface area contributed by atoms with Crippen LogP contribution in [-0.4, -0.2) is 49.8 Å². The van der Waals surface area contributed by atoms with E-state index in [1.165, 1.54) is 19.5 Å². The van der Waals surface area contributed by atoms with E-state index in [1.54, 1.807) is 7.11 Å². The first kappa shape index (κ1) is 13.9. The fourth-order valence-electron chi connectivity index (χ4n) is 2.22. The molecule has 1 aliphatic heterocycles. The molecule has 0 spiro atoms. The first-order valence-corrected chi connectivity index (χ1v) is 6.40. The third-order valence-corrected chi connectivity index (χ3v) is 3.27. The van der Waals surface area contributed by atoms with Crippen LogP contribution in [0.3, 0.4) is 0 Å². The minimum Gasteiger partial charge on any atom is -0.384 e. The van der Waals surface area contributed by atoms with E-state index < -0.39 is 0 Å². The van der Waals surface area contributed by atoms with Crippen molar-refractivity contribution in [2.24, 2.45) is 5.92 Å². The lowest BCUT2D eigenvalue weighted by Crippen LogP contribution is -2.45. The molecule has 0 aliphatic carbocycles. The van der Waals surface area contributed by atoms with Gasteiger partial charge in [0.25, 0.3) is 0 Å². The summed E-state index contributed by atoms with van der Waals surface area (Å²) in [7, 11) is 1.80. The Morgan fingerprint density at radius 2 is 2.12 bits per heavy atom. The highest BCUT2D eigenvalue weighted by Gasteiger charge is 2.26. The van der Waals surface area contributed by atoms with E-state index in [0.29, 0.717) is 6.04 Å². The number of hydrogen-bond acceptors (Lipinski definition) is 3. The quantitative estimate of drug-likeness (QED) is 0.775. The maximum absolute atomic E-state index is 5.23. The van der Waals surface area contributed by atoms with Crippen molar-refractivity contribution in [1.29, 1.82) is 0 Å². The van der Waals surface area contributed by atoms with Crippen LogP contribution in [0.15, 0.2) is 0 Å². The van der Waals surface area contributed by atoms with E-state index in [9.17, 15) is 0 Å². The molecule has 0 bridgehead atoms. The normalized spacial score (nSPS) is 24.9. The van der Waals surface area contributed by atoms with Crippen molar-refractivity contribution in [3.05, 3.63) is 0 Å². The standard InChI is InChI=1S/C13H28N2O/c1-11(8-14-13(2,3)4)15-7-6-12(9-15)10-16-5/h11-12,14H,6-10H2,1-5H3. The summed E-state index contributed by atoms with van der Waals surface area (Å²) < 4.78 is 5.23. The van der Waals surface area contributed by atoms with E-state index in [0.717, 1.165) is 19.1 Å². The molecule has 0 aromatic carbocycles. The van der Waals surface area contributed by atoms with Gasteiger partial charge in [0, 0.05) is 31.8 Å². The van der Waals surface area contributed by atoms with E-state index in [-0.39, 0.29) is 5.54 Å². The molecular weight excluding hydrogens is 200 g/mol. The Kier molecular flexibility index (Phi) is 5.22. The average molecular weight is 228 g/mol. The van der Waals surface area contributed by atoms with E-state index in [1.807, 2.05) is 0 Å². The molecule has 16 heavy (non-hydrogen) atoms. The number of methoxy groups -OCH3 is 1. The lowest BCUT2D eigenvalue weighted by Gasteiger charge is -2.29. The first-order chi connectivity index (χ1) is 7.42. The summed E-state index contributed by atoms with van der Waals surface area (Å²) in [5, 5.41) is 3.57. The van der Waals surface area contributed by atoms with Gasteiger partial charge in [0.05, 0.1) is 6.61 Å². The summed E-state index contributed by atoms with van der Waals surface area (Å²) >= 11 is 0. The second kappa shape index (κ2) is 5.99. The van der Waals surface area contributed by atoms with Gasteiger partial charge in [-0.1, -0.05) is 0 Å². The number of nitrogens with one attached hydrogen (secondary N) is 1. The molecule has 0 aromatic rings. The Morgan fingerprint density at radius 3 is 2.69 bits per heavy atom. The molecule has 1 aliphatic rings. The van der Waals surface area contributed by atoms with Crippen LogP contribution >= 0.6 is 0 Å². The molecule has 2 unspecified atom stereocenters. The molecule has 1 heterocycles. The Hall–Kier alpha value is -0.120. The maximum atomic E-state index is 5.23. The van der Waals surface area contributed by atoms with Crippen molar-refractivity contribution in [3.8, 4) is 0 Å². The molecule has 2 atom stereocenters. The van der Waals surface area contributed by atoms with Crippen molar-refractivity contribution in [2.75, 3.05) is 33.4 Å². The van der Waals surface area contributed by atoms with Crippen molar-refractivity contribution in [3.63, 3.8) is 0 Å². The topological polar surface area (TPSA) is 24.5 Å². The number of rotatable bonds is 5. The molecule has 96 valence electrons. The summed E-state index contributed by atoms with van der Waals surface area (Å²) in [5.41, 5.74) is 0.222. The van der Waals surface area contributed by atoms with Crippen LogP contribution in [0.2, 0.25) is 0 Å². The van der Waals surface area contributed by atoms with Crippen LogP contribution in [0.5, 0.6) is 0 Å². The SMILES string of the molecule is COCC1CCN(C(C)CNC(C)(C)C)C1. The highest BCUT2D eigenvalue weighted by molar-refractivity contribution is 4.82. The van der Waals surface area contributed by atoms with Crippen LogP contribution in [0, 0.1) is 5.92 Å². The minimum absolute atomic E-state index is 0.222. The molecule has 1 fully saturated rings. The summed E-state index contributed by atoms with van der Waals surface area (Å²) in [6, 6.07) is 0.626. The van der Waals surface area contributed by atoms with Crippen molar-refractivity contribution >= 4 is 0 Å². The van der Waals surface area contributed by atoms with Crippen LogP contribution in [0.1, 0.15) is 34.1 Å². The van der Waals surface area contributed by atoms with Gasteiger partial charge < -0.3 is 10.1 Å². The molecule has 1 rings (SSSR count). The minimum atomic E-state index is 0.222. The Labute approximate surface area is 101 Å². The Balaban J connectivity index is 2.25. The zero-order valence-corrected chi connectivity index (χ0v) is 11.5. The molecule has 1 saturated heterocycles. The van der Waals surface area contributed by atoms with Gasteiger partial charge in [0.2, 0.25) is 0 Å². The Morgan fingerprint density at radius 1 is 1.44 bits per heavy atom. The van der Waals surface area contributed by atoms with E-state index in [2.05, 4.69) is 37.9 Å². The summed E-state index contributed by atoms with van der Waals surface area (Å²) in [4.78, 5) is 2.57. The van der Waals surface area contributed by atoms with Crippen molar-refractivity contribution in [1.82, 2.24) is 10.2 Å². The van der Waals surface area contributed by atoms with Crippen molar-refractivity contribution < 1.29 is 4.74 Å². The van der Waals surface area contributed by atoms with Crippen LogP contribution in [-0.2, 0) is 4.74 Å². The zero-order chi connectivity index (χ0) is 12.2. The van der Waals surface area contributed by atoms with Crippen molar-refractivity contribution in [2.45, 2.75) is 45.7 Å². The predicted molar refractivity (Wildman–Crippen MR) is 68.8 cm³/mol. The van der Waals surface area contributed by atoms with Gasteiger partial charge in [0.1, 0.15) is 0 Å². The lowest BCUT2D eigenvalue weighted by atomic mass is 10.1. The third-order valence-electron chi connectivity index (χ3n) is 3.27. The first-order valence-electron chi connectivity index (χ1n) is 6.40. The fourth-order valence-corrected chi connectivity index (χ4v) is 2.22. The van der Waals surface area contributed by atoms with Gasteiger partial charge in [-0.2, -0.15) is 0 Å². The molecular formula is C13H28N2O. The fraction of sp³-hybridized carbons (Fsp3) is 1.00. The van der Waals surface area contributed by atoms with Gasteiger partial charge in [-0.05, 0) is 46.6 Å². The van der Waals surface area contributed by atoms with E-state index >= 15 is 0 Å². The predicted octanol–water partition coefficient (Wildman–Crippen LogP) is 1.73. The molecule has 3 nitrogen and oxygen atoms in total. The number of likely N-dealkylation sites (tertiary alicyclic amines) is 1. The lowest BCUT2D eigenvalue weighted by molar-refractivity contribution is 0.147. The highest BCUT2D eigenvalue weighted by Crippen LogP contribution is 2.18. The monoisotopic (exact) mass is 228 g/mol.